The van der Waals surface area contributed by atoms with Gasteiger partial charge in [-0.1, -0.05) is 13.8 Å². The molecule has 0 fully saturated rings. The van der Waals surface area contributed by atoms with E-state index in [-0.39, 0.29) is 11.9 Å². The molecular formula is C15H21NO2. The molecule has 1 aliphatic rings. The first kappa shape index (κ1) is 12.9. The number of benzene rings is 1. The molecule has 1 unspecified atom stereocenters. The average molecular weight is 247 g/mol. The molecule has 1 aromatic rings. The molecule has 1 aromatic carbocycles. The monoisotopic (exact) mass is 247 g/mol. The highest BCUT2D eigenvalue weighted by molar-refractivity contribution is 5.95. The van der Waals surface area contributed by atoms with Crippen molar-refractivity contribution in [1.82, 2.24) is 0 Å². The number of rotatable bonds is 4. The Bertz CT molecular complexity index is 442. The summed E-state index contributed by atoms with van der Waals surface area (Å²) in [6.45, 7) is 7.84. The van der Waals surface area contributed by atoms with Crippen molar-refractivity contribution in [2.75, 3.05) is 18.0 Å². The molecule has 0 amide bonds. The fraction of sp³-hybridized carbons (Fsp3) is 0.533. The van der Waals surface area contributed by atoms with Crippen molar-refractivity contribution in [2.45, 2.75) is 39.7 Å². The van der Waals surface area contributed by atoms with Crippen molar-refractivity contribution in [2.24, 2.45) is 0 Å². The van der Waals surface area contributed by atoms with Gasteiger partial charge in [-0.05, 0) is 38.0 Å². The number of fused-ring (bicyclic) bond motifs is 1. The Morgan fingerprint density at radius 1 is 1.44 bits per heavy atom. The van der Waals surface area contributed by atoms with Crippen LogP contribution in [0.1, 0.15) is 44.0 Å². The fourth-order valence-electron chi connectivity index (χ4n) is 2.34. The molecule has 0 saturated heterocycles. The summed E-state index contributed by atoms with van der Waals surface area (Å²) >= 11 is 0. The second-order valence-electron chi connectivity index (χ2n) is 4.83. The van der Waals surface area contributed by atoms with E-state index in [1.807, 2.05) is 18.2 Å². The molecule has 98 valence electrons. The molecule has 3 heteroatoms. The molecular weight excluding hydrogens is 226 g/mol. The number of carbonyl (C=O) groups is 1. The second-order valence-corrected chi connectivity index (χ2v) is 4.83. The summed E-state index contributed by atoms with van der Waals surface area (Å²) in [6, 6.07) is 5.74. The molecule has 0 N–H and O–H groups in total. The van der Waals surface area contributed by atoms with Crippen LogP contribution in [0.15, 0.2) is 18.2 Å². The largest absolute Gasteiger partial charge is 0.486 e. The molecule has 0 aliphatic carbocycles. The van der Waals surface area contributed by atoms with Gasteiger partial charge in [0.1, 0.15) is 11.9 Å². The summed E-state index contributed by atoms with van der Waals surface area (Å²) in [6.07, 6.45) is 2.36. The van der Waals surface area contributed by atoms with Gasteiger partial charge in [-0.15, -0.1) is 0 Å². The number of ketones is 1. The summed E-state index contributed by atoms with van der Waals surface area (Å²) < 4.78 is 5.94. The molecule has 18 heavy (non-hydrogen) atoms. The van der Waals surface area contributed by atoms with Crippen molar-refractivity contribution in [3.8, 4) is 5.75 Å². The molecule has 0 aromatic heterocycles. The minimum absolute atomic E-state index is 0.104. The number of ether oxygens (including phenoxy) is 1. The molecule has 0 spiro atoms. The molecule has 0 radical (unpaired) electrons. The Labute approximate surface area is 109 Å². The average Bonchev–Trinajstić information content (AvgIpc) is 2.38. The van der Waals surface area contributed by atoms with E-state index in [0.29, 0.717) is 0 Å². The van der Waals surface area contributed by atoms with Crippen molar-refractivity contribution in [3.05, 3.63) is 23.8 Å². The lowest BCUT2D eigenvalue weighted by Crippen LogP contribution is -2.40. The lowest BCUT2D eigenvalue weighted by atomic mass is 10.1. The standard InChI is InChI=1S/C15H21NO2/c1-4-8-16-10-13(5-2)18-15-7-6-12(11(3)17)9-14(15)16/h6-7,9,13H,4-5,8,10H2,1-3H3. The minimum Gasteiger partial charge on any atom is -0.486 e. The predicted molar refractivity (Wildman–Crippen MR) is 73.7 cm³/mol. The van der Waals surface area contributed by atoms with Crippen LogP contribution in [0.4, 0.5) is 5.69 Å². The first-order valence-corrected chi connectivity index (χ1v) is 6.72. The van der Waals surface area contributed by atoms with E-state index in [1.165, 1.54) is 0 Å². The van der Waals surface area contributed by atoms with Gasteiger partial charge in [0.05, 0.1) is 12.2 Å². The Kier molecular flexibility index (Phi) is 3.90. The smallest absolute Gasteiger partial charge is 0.159 e. The first-order chi connectivity index (χ1) is 8.65. The van der Waals surface area contributed by atoms with Crippen LogP contribution < -0.4 is 9.64 Å². The third-order valence-corrected chi connectivity index (χ3v) is 3.37. The number of Topliss-reactive ketones (excluding diaryl/α,β-unsaturated/α-hetero) is 1. The van der Waals surface area contributed by atoms with Gasteiger partial charge in [-0.2, -0.15) is 0 Å². The fourth-order valence-corrected chi connectivity index (χ4v) is 2.34. The maximum atomic E-state index is 11.5. The number of hydrogen-bond donors (Lipinski definition) is 0. The van der Waals surface area contributed by atoms with E-state index in [2.05, 4.69) is 18.7 Å². The zero-order chi connectivity index (χ0) is 13.1. The predicted octanol–water partition coefficient (Wildman–Crippen LogP) is 3.28. The van der Waals surface area contributed by atoms with Crippen molar-refractivity contribution >= 4 is 11.5 Å². The number of anilines is 1. The molecule has 1 heterocycles. The van der Waals surface area contributed by atoms with Gasteiger partial charge in [-0.25, -0.2) is 0 Å². The van der Waals surface area contributed by atoms with Crippen LogP contribution in [0.25, 0.3) is 0 Å². The molecule has 1 aliphatic heterocycles. The van der Waals surface area contributed by atoms with Crippen LogP contribution in [0.5, 0.6) is 5.75 Å². The highest BCUT2D eigenvalue weighted by Crippen LogP contribution is 2.35. The third-order valence-electron chi connectivity index (χ3n) is 3.37. The second kappa shape index (κ2) is 5.42. The lowest BCUT2D eigenvalue weighted by Gasteiger charge is -2.36. The molecule has 2 rings (SSSR count). The summed E-state index contributed by atoms with van der Waals surface area (Å²) in [7, 11) is 0. The summed E-state index contributed by atoms with van der Waals surface area (Å²) in [5.74, 6) is 1.01. The Balaban J connectivity index is 2.36. The van der Waals surface area contributed by atoms with E-state index < -0.39 is 0 Å². The van der Waals surface area contributed by atoms with Crippen molar-refractivity contribution < 1.29 is 9.53 Å². The van der Waals surface area contributed by atoms with Crippen LogP contribution >= 0.6 is 0 Å². The molecule has 3 nitrogen and oxygen atoms in total. The van der Waals surface area contributed by atoms with Gasteiger partial charge < -0.3 is 9.64 Å². The first-order valence-electron chi connectivity index (χ1n) is 6.72. The third kappa shape index (κ3) is 2.50. The topological polar surface area (TPSA) is 29.5 Å². The highest BCUT2D eigenvalue weighted by atomic mass is 16.5. The number of nitrogens with zero attached hydrogens (tertiary/aromatic N) is 1. The van der Waals surface area contributed by atoms with Crippen LogP contribution in [0.2, 0.25) is 0 Å². The SMILES string of the molecule is CCCN1CC(CC)Oc2ccc(C(C)=O)cc21. The summed E-state index contributed by atoms with van der Waals surface area (Å²) in [5.41, 5.74) is 1.82. The zero-order valence-corrected chi connectivity index (χ0v) is 11.4. The summed E-state index contributed by atoms with van der Waals surface area (Å²) in [5, 5.41) is 0. The molecule has 1 atom stereocenters. The number of carbonyl (C=O) groups excluding carboxylic acids is 1. The van der Waals surface area contributed by atoms with E-state index in [4.69, 9.17) is 4.74 Å². The van der Waals surface area contributed by atoms with Crippen molar-refractivity contribution in [3.63, 3.8) is 0 Å². The quantitative estimate of drug-likeness (QED) is 0.765. The highest BCUT2D eigenvalue weighted by Gasteiger charge is 2.24. The minimum atomic E-state index is 0.104. The van der Waals surface area contributed by atoms with E-state index in [0.717, 1.165) is 42.9 Å². The van der Waals surface area contributed by atoms with E-state index in [9.17, 15) is 4.79 Å². The number of hydrogen-bond acceptors (Lipinski definition) is 3. The molecule has 0 saturated carbocycles. The van der Waals surface area contributed by atoms with Crippen LogP contribution in [0.3, 0.4) is 0 Å². The van der Waals surface area contributed by atoms with Gasteiger partial charge in [0.2, 0.25) is 0 Å². The van der Waals surface area contributed by atoms with Crippen LogP contribution in [0, 0.1) is 0 Å². The van der Waals surface area contributed by atoms with Crippen LogP contribution in [-0.2, 0) is 0 Å². The summed E-state index contributed by atoms with van der Waals surface area (Å²) in [4.78, 5) is 13.8. The van der Waals surface area contributed by atoms with Crippen LogP contribution in [-0.4, -0.2) is 25.0 Å². The Morgan fingerprint density at radius 2 is 2.22 bits per heavy atom. The van der Waals surface area contributed by atoms with Gasteiger partial charge in [0, 0.05) is 12.1 Å². The van der Waals surface area contributed by atoms with Gasteiger partial charge in [0.25, 0.3) is 0 Å². The lowest BCUT2D eigenvalue weighted by molar-refractivity contribution is 0.101. The van der Waals surface area contributed by atoms with Gasteiger partial charge in [-0.3, -0.25) is 4.79 Å². The Morgan fingerprint density at radius 3 is 2.83 bits per heavy atom. The zero-order valence-electron chi connectivity index (χ0n) is 11.4. The molecule has 0 bridgehead atoms. The maximum Gasteiger partial charge on any atom is 0.159 e. The van der Waals surface area contributed by atoms with Crippen molar-refractivity contribution in [1.29, 1.82) is 0 Å². The van der Waals surface area contributed by atoms with Gasteiger partial charge in [0.15, 0.2) is 5.78 Å². The Hall–Kier alpha value is -1.51. The maximum absolute atomic E-state index is 11.5. The van der Waals surface area contributed by atoms with E-state index >= 15 is 0 Å². The van der Waals surface area contributed by atoms with E-state index in [1.54, 1.807) is 6.92 Å². The van der Waals surface area contributed by atoms with Gasteiger partial charge >= 0.3 is 0 Å². The normalized spacial score (nSPS) is 18.2.